The molecule has 2 rings (SSSR count). The van der Waals surface area contributed by atoms with Crippen molar-refractivity contribution in [3.05, 3.63) is 34.6 Å². The number of halogens is 5. The quantitative estimate of drug-likeness (QED) is 0.355. The maximum atomic E-state index is 13.4. The lowest BCUT2D eigenvalue weighted by atomic mass is 10.1. The van der Waals surface area contributed by atoms with E-state index in [0.29, 0.717) is 4.90 Å². The van der Waals surface area contributed by atoms with Crippen molar-refractivity contribution in [3.63, 3.8) is 0 Å². The molecule has 0 saturated carbocycles. The molecule has 0 bridgehead atoms. The van der Waals surface area contributed by atoms with E-state index >= 15 is 0 Å². The van der Waals surface area contributed by atoms with Gasteiger partial charge in [0, 0.05) is 0 Å². The highest BCUT2D eigenvalue weighted by Crippen LogP contribution is 2.24. The van der Waals surface area contributed by atoms with E-state index in [1.54, 1.807) is 0 Å². The first-order valence-electron chi connectivity index (χ1n) is 5.37. The number of carbonyl (C=O) groups is 3. The number of nitrogens with zero attached hydrogens (tertiary/aromatic N) is 1. The van der Waals surface area contributed by atoms with Gasteiger partial charge in [-0.15, -0.1) is 0 Å². The van der Waals surface area contributed by atoms with E-state index in [-0.39, 0.29) is 0 Å². The monoisotopic (exact) mass is 308 g/mol. The number of piperazine rings is 1. The summed E-state index contributed by atoms with van der Waals surface area (Å²) in [5.41, 5.74) is -1.71. The molecule has 0 spiro atoms. The van der Waals surface area contributed by atoms with Crippen molar-refractivity contribution in [2.45, 2.75) is 0 Å². The molecular formula is C11H5F5N2O3. The summed E-state index contributed by atoms with van der Waals surface area (Å²) in [4.78, 5) is 34.3. The van der Waals surface area contributed by atoms with Crippen LogP contribution in [0.15, 0.2) is 0 Å². The molecule has 21 heavy (non-hydrogen) atoms. The Labute approximate surface area is 113 Å². The fraction of sp³-hybridized carbons (Fsp3) is 0.182. The van der Waals surface area contributed by atoms with Crippen molar-refractivity contribution < 1.29 is 36.3 Å². The van der Waals surface area contributed by atoms with Crippen molar-refractivity contribution >= 4 is 17.7 Å². The lowest BCUT2D eigenvalue weighted by Gasteiger charge is -2.25. The molecule has 1 heterocycles. The number of nitrogens with one attached hydrogen (secondary N) is 1. The minimum Gasteiger partial charge on any atom is -0.320 e. The molecule has 1 N–H and O–H groups in total. The van der Waals surface area contributed by atoms with Gasteiger partial charge in [0.15, 0.2) is 23.3 Å². The average Bonchev–Trinajstić information content (AvgIpc) is 2.42. The Hall–Kier alpha value is -2.52. The second kappa shape index (κ2) is 5.11. The standard InChI is InChI=1S/C11H5F5N2O3/c12-6-5(7(13)9(15)10(16)8(6)14)11(21)18-1-3(19)17-4(20)2-18/h1-2H2,(H,17,19,20). The highest BCUT2D eigenvalue weighted by atomic mass is 19.2. The Morgan fingerprint density at radius 1 is 0.810 bits per heavy atom. The molecule has 1 aliphatic heterocycles. The van der Waals surface area contributed by atoms with Gasteiger partial charge < -0.3 is 4.90 Å². The third-order valence-electron chi connectivity index (χ3n) is 2.66. The van der Waals surface area contributed by atoms with Crippen LogP contribution in [0.1, 0.15) is 10.4 Å². The van der Waals surface area contributed by atoms with Crippen LogP contribution in [0.2, 0.25) is 0 Å². The van der Waals surface area contributed by atoms with Gasteiger partial charge >= 0.3 is 0 Å². The Bertz CT molecular complexity index is 631. The summed E-state index contributed by atoms with van der Waals surface area (Å²) in [7, 11) is 0. The molecule has 1 saturated heterocycles. The van der Waals surface area contributed by atoms with Gasteiger partial charge in [-0.25, -0.2) is 22.0 Å². The highest BCUT2D eigenvalue weighted by Gasteiger charge is 2.35. The topological polar surface area (TPSA) is 66.5 Å². The third kappa shape index (κ3) is 2.43. The van der Waals surface area contributed by atoms with Crippen LogP contribution in [0.4, 0.5) is 22.0 Å². The highest BCUT2D eigenvalue weighted by molar-refractivity contribution is 6.05. The van der Waals surface area contributed by atoms with Crippen LogP contribution in [0.3, 0.4) is 0 Å². The predicted molar refractivity (Wildman–Crippen MR) is 55.3 cm³/mol. The summed E-state index contributed by atoms with van der Waals surface area (Å²) in [6.45, 7) is -1.49. The summed E-state index contributed by atoms with van der Waals surface area (Å²) in [6, 6.07) is 0. The van der Waals surface area contributed by atoms with Crippen LogP contribution >= 0.6 is 0 Å². The molecule has 112 valence electrons. The lowest BCUT2D eigenvalue weighted by molar-refractivity contribution is -0.135. The summed E-state index contributed by atoms with van der Waals surface area (Å²) in [6.07, 6.45) is 0. The Morgan fingerprint density at radius 2 is 1.19 bits per heavy atom. The molecule has 0 aliphatic carbocycles. The molecule has 0 aromatic heterocycles. The number of benzene rings is 1. The Kier molecular flexibility index (Phi) is 3.62. The van der Waals surface area contributed by atoms with Gasteiger partial charge in [0.1, 0.15) is 18.7 Å². The van der Waals surface area contributed by atoms with Crippen molar-refractivity contribution in [2.24, 2.45) is 0 Å². The van der Waals surface area contributed by atoms with E-state index in [9.17, 15) is 36.3 Å². The maximum Gasteiger partial charge on any atom is 0.261 e. The first-order valence-corrected chi connectivity index (χ1v) is 5.37. The molecule has 0 unspecified atom stereocenters. The normalized spacial score (nSPS) is 15.2. The second-order valence-electron chi connectivity index (χ2n) is 4.08. The number of hydrogen-bond acceptors (Lipinski definition) is 3. The van der Waals surface area contributed by atoms with Crippen molar-refractivity contribution in [1.82, 2.24) is 10.2 Å². The number of carbonyl (C=O) groups excluding carboxylic acids is 3. The SMILES string of the molecule is O=C1CN(C(=O)c2c(F)c(F)c(F)c(F)c2F)CC(=O)N1. The van der Waals surface area contributed by atoms with Crippen LogP contribution in [0.25, 0.3) is 0 Å². The molecule has 1 aliphatic rings. The summed E-state index contributed by atoms with van der Waals surface area (Å²) < 4.78 is 65.8. The van der Waals surface area contributed by atoms with E-state index < -0.39 is 65.5 Å². The van der Waals surface area contributed by atoms with Crippen LogP contribution in [0, 0.1) is 29.1 Å². The van der Waals surface area contributed by atoms with Crippen molar-refractivity contribution in [2.75, 3.05) is 13.1 Å². The number of amides is 3. The van der Waals surface area contributed by atoms with Gasteiger partial charge in [0.2, 0.25) is 17.6 Å². The zero-order valence-electron chi connectivity index (χ0n) is 9.98. The molecule has 0 atom stereocenters. The zero-order valence-corrected chi connectivity index (χ0v) is 9.98. The first kappa shape index (κ1) is 14.9. The van der Waals surface area contributed by atoms with Gasteiger partial charge in [0.25, 0.3) is 5.91 Å². The summed E-state index contributed by atoms with van der Waals surface area (Å²) in [5, 5.41) is 1.81. The smallest absolute Gasteiger partial charge is 0.261 e. The van der Waals surface area contributed by atoms with Crippen molar-refractivity contribution in [3.8, 4) is 0 Å². The predicted octanol–water partition coefficient (Wildman–Crippen LogP) is 0.481. The zero-order chi connectivity index (χ0) is 15.9. The van der Waals surface area contributed by atoms with Gasteiger partial charge in [-0.05, 0) is 0 Å². The van der Waals surface area contributed by atoms with Crippen LogP contribution in [-0.2, 0) is 9.59 Å². The average molecular weight is 308 g/mol. The van der Waals surface area contributed by atoms with Crippen molar-refractivity contribution in [1.29, 1.82) is 0 Å². The fourth-order valence-corrected chi connectivity index (χ4v) is 1.73. The molecule has 1 aromatic rings. The van der Waals surface area contributed by atoms with E-state index in [1.807, 2.05) is 5.32 Å². The number of hydrogen-bond donors (Lipinski definition) is 1. The minimum absolute atomic E-state index is 0.374. The maximum absolute atomic E-state index is 13.4. The summed E-state index contributed by atoms with van der Waals surface area (Å²) >= 11 is 0. The Morgan fingerprint density at radius 3 is 1.62 bits per heavy atom. The fourth-order valence-electron chi connectivity index (χ4n) is 1.73. The molecule has 1 aromatic carbocycles. The van der Waals surface area contributed by atoms with E-state index in [4.69, 9.17) is 0 Å². The van der Waals surface area contributed by atoms with Crippen LogP contribution in [-0.4, -0.2) is 35.7 Å². The molecular weight excluding hydrogens is 303 g/mol. The Balaban J connectivity index is 2.49. The molecule has 3 amide bonds. The van der Waals surface area contributed by atoms with E-state index in [2.05, 4.69) is 0 Å². The number of rotatable bonds is 1. The molecule has 1 fully saturated rings. The molecule has 10 heteroatoms. The summed E-state index contributed by atoms with van der Waals surface area (Å²) in [5.74, 6) is -15.2. The lowest BCUT2D eigenvalue weighted by Crippen LogP contribution is -2.53. The van der Waals surface area contributed by atoms with Crippen LogP contribution in [0.5, 0.6) is 0 Å². The van der Waals surface area contributed by atoms with E-state index in [0.717, 1.165) is 0 Å². The van der Waals surface area contributed by atoms with Gasteiger partial charge in [-0.3, -0.25) is 19.7 Å². The molecule has 0 radical (unpaired) electrons. The largest absolute Gasteiger partial charge is 0.320 e. The van der Waals surface area contributed by atoms with E-state index in [1.165, 1.54) is 0 Å². The first-order chi connectivity index (χ1) is 9.73. The van der Waals surface area contributed by atoms with Gasteiger partial charge in [0.05, 0.1) is 0 Å². The van der Waals surface area contributed by atoms with Gasteiger partial charge in [-0.1, -0.05) is 0 Å². The molecule has 5 nitrogen and oxygen atoms in total. The number of imide groups is 1. The van der Waals surface area contributed by atoms with Crippen LogP contribution < -0.4 is 5.32 Å². The van der Waals surface area contributed by atoms with Gasteiger partial charge in [-0.2, -0.15) is 0 Å². The minimum atomic E-state index is -2.41. The second-order valence-corrected chi connectivity index (χ2v) is 4.08. The third-order valence-corrected chi connectivity index (χ3v) is 2.66.